The van der Waals surface area contributed by atoms with Crippen LogP contribution in [0.5, 0.6) is 0 Å². The van der Waals surface area contributed by atoms with Crippen molar-refractivity contribution >= 4 is 23.9 Å². The lowest BCUT2D eigenvalue weighted by Crippen LogP contribution is -2.01. The van der Waals surface area contributed by atoms with E-state index in [4.69, 9.17) is 5.26 Å². The SMILES string of the molecule is Cc1cc(Nc2nc(NCc3ccc(C=O)cc3)n[nH]2)cc(C)c1C#N. The van der Waals surface area contributed by atoms with Gasteiger partial charge in [0.05, 0.1) is 11.6 Å². The number of nitriles is 1. The maximum absolute atomic E-state index is 10.7. The van der Waals surface area contributed by atoms with Crippen LogP contribution in [0.3, 0.4) is 0 Å². The minimum atomic E-state index is 0.467. The van der Waals surface area contributed by atoms with Crippen LogP contribution in [-0.4, -0.2) is 21.5 Å². The van der Waals surface area contributed by atoms with Crippen molar-refractivity contribution in [1.82, 2.24) is 15.2 Å². The van der Waals surface area contributed by atoms with Crippen molar-refractivity contribution in [3.8, 4) is 6.07 Å². The normalized spacial score (nSPS) is 10.2. The van der Waals surface area contributed by atoms with Gasteiger partial charge in [-0.3, -0.25) is 4.79 Å². The lowest BCUT2D eigenvalue weighted by atomic mass is 10.0. The number of nitrogens with zero attached hydrogens (tertiary/aromatic N) is 3. The third-order valence-electron chi connectivity index (χ3n) is 3.96. The highest BCUT2D eigenvalue weighted by atomic mass is 16.1. The molecule has 0 amide bonds. The Bertz CT molecular complexity index is 945. The van der Waals surface area contributed by atoms with Gasteiger partial charge in [-0.1, -0.05) is 24.3 Å². The third kappa shape index (κ3) is 3.87. The van der Waals surface area contributed by atoms with E-state index in [-0.39, 0.29) is 0 Å². The second-order valence-electron chi connectivity index (χ2n) is 5.94. The molecule has 130 valence electrons. The van der Waals surface area contributed by atoms with E-state index in [2.05, 4.69) is 31.9 Å². The highest BCUT2D eigenvalue weighted by Gasteiger charge is 2.07. The quantitative estimate of drug-likeness (QED) is 0.590. The van der Waals surface area contributed by atoms with Crippen molar-refractivity contribution in [3.63, 3.8) is 0 Å². The van der Waals surface area contributed by atoms with Gasteiger partial charge in [-0.2, -0.15) is 10.2 Å². The Morgan fingerprint density at radius 3 is 2.50 bits per heavy atom. The first-order valence-electron chi connectivity index (χ1n) is 8.08. The molecule has 0 atom stereocenters. The number of carbonyl (C=O) groups excluding carboxylic acids is 1. The largest absolute Gasteiger partial charge is 0.349 e. The summed E-state index contributed by atoms with van der Waals surface area (Å²) in [6.07, 6.45) is 0.816. The second kappa shape index (κ2) is 7.49. The predicted molar refractivity (Wildman–Crippen MR) is 99.5 cm³/mol. The molecule has 0 fully saturated rings. The summed E-state index contributed by atoms with van der Waals surface area (Å²) in [4.78, 5) is 15.0. The molecular formula is C19H18N6O. The number of hydrogen-bond donors (Lipinski definition) is 3. The van der Waals surface area contributed by atoms with Crippen LogP contribution in [-0.2, 0) is 6.54 Å². The summed E-state index contributed by atoms with van der Waals surface area (Å²) >= 11 is 0. The first kappa shape index (κ1) is 17.2. The summed E-state index contributed by atoms with van der Waals surface area (Å²) < 4.78 is 0. The fourth-order valence-electron chi connectivity index (χ4n) is 2.64. The molecule has 3 N–H and O–H groups in total. The Morgan fingerprint density at radius 1 is 1.19 bits per heavy atom. The fourth-order valence-corrected chi connectivity index (χ4v) is 2.64. The van der Waals surface area contributed by atoms with Crippen LogP contribution >= 0.6 is 0 Å². The molecular weight excluding hydrogens is 328 g/mol. The van der Waals surface area contributed by atoms with Gasteiger partial charge in [0, 0.05) is 17.8 Å². The summed E-state index contributed by atoms with van der Waals surface area (Å²) in [5.41, 5.74) is 5.01. The number of aldehydes is 1. The average molecular weight is 346 g/mol. The molecule has 7 nitrogen and oxygen atoms in total. The minimum Gasteiger partial charge on any atom is -0.349 e. The Morgan fingerprint density at radius 2 is 1.88 bits per heavy atom. The average Bonchev–Trinajstić information content (AvgIpc) is 3.07. The van der Waals surface area contributed by atoms with Crippen LogP contribution in [0.1, 0.15) is 32.6 Å². The monoisotopic (exact) mass is 346 g/mol. The molecule has 0 radical (unpaired) electrons. The molecule has 0 aliphatic rings. The molecule has 1 aromatic heterocycles. The zero-order chi connectivity index (χ0) is 18.5. The van der Waals surface area contributed by atoms with Crippen LogP contribution in [0, 0.1) is 25.2 Å². The first-order chi connectivity index (χ1) is 12.6. The number of hydrogen-bond acceptors (Lipinski definition) is 6. The molecule has 26 heavy (non-hydrogen) atoms. The number of benzene rings is 2. The van der Waals surface area contributed by atoms with Gasteiger partial charge in [0.25, 0.3) is 0 Å². The minimum absolute atomic E-state index is 0.467. The maximum atomic E-state index is 10.7. The Labute approximate surface area is 151 Å². The molecule has 0 spiro atoms. The lowest BCUT2D eigenvalue weighted by Gasteiger charge is -2.07. The molecule has 1 heterocycles. The Balaban J connectivity index is 1.64. The summed E-state index contributed by atoms with van der Waals surface area (Å²) in [6.45, 7) is 4.35. The lowest BCUT2D eigenvalue weighted by molar-refractivity contribution is 0.112. The van der Waals surface area contributed by atoms with E-state index in [0.29, 0.717) is 29.6 Å². The summed E-state index contributed by atoms with van der Waals surface area (Å²) in [5, 5.41) is 22.4. The van der Waals surface area contributed by atoms with Crippen LogP contribution in [0.15, 0.2) is 36.4 Å². The van der Waals surface area contributed by atoms with Gasteiger partial charge in [-0.05, 0) is 42.7 Å². The number of aromatic amines is 1. The van der Waals surface area contributed by atoms with E-state index in [9.17, 15) is 4.79 Å². The smallest absolute Gasteiger partial charge is 0.243 e. The number of carbonyl (C=O) groups is 1. The van der Waals surface area contributed by atoms with Gasteiger partial charge in [0.1, 0.15) is 6.29 Å². The van der Waals surface area contributed by atoms with E-state index in [1.165, 1.54) is 0 Å². The highest BCUT2D eigenvalue weighted by molar-refractivity contribution is 5.74. The zero-order valence-corrected chi connectivity index (χ0v) is 14.5. The number of aromatic nitrogens is 3. The summed E-state index contributed by atoms with van der Waals surface area (Å²) in [6, 6.07) is 13.3. The Kier molecular flexibility index (Phi) is 4.94. The molecule has 0 unspecified atom stereocenters. The number of H-pyrrole nitrogens is 1. The zero-order valence-electron chi connectivity index (χ0n) is 14.5. The molecule has 2 aromatic carbocycles. The first-order valence-corrected chi connectivity index (χ1v) is 8.08. The Hall–Kier alpha value is -3.66. The van der Waals surface area contributed by atoms with Crippen molar-refractivity contribution < 1.29 is 4.79 Å². The van der Waals surface area contributed by atoms with Gasteiger partial charge < -0.3 is 10.6 Å². The van der Waals surface area contributed by atoms with E-state index in [0.717, 1.165) is 28.7 Å². The second-order valence-corrected chi connectivity index (χ2v) is 5.94. The van der Waals surface area contributed by atoms with Gasteiger partial charge in [-0.25, -0.2) is 5.10 Å². The van der Waals surface area contributed by atoms with E-state index < -0.39 is 0 Å². The summed E-state index contributed by atoms with van der Waals surface area (Å²) in [5.74, 6) is 0.973. The molecule has 3 aromatic rings. The van der Waals surface area contributed by atoms with Gasteiger partial charge in [0.2, 0.25) is 11.9 Å². The van der Waals surface area contributed by atoms with E-state index >= 15 is 0 Å². The van der Waals surface area contributed by atoms with Crippen molar-refractivity contribution in [2.24, 2.45) is 0 Å². The number of nitrogens with one attached hydrogen (secondary N) is 3. The fraction of sp³-hybridized carbons (Fsp3) is 0.158. The third-order valence-corrected chi connectivity index (χ3v) is 3.96. The van der Waals surface area contributed by atoms with Gasteiger partial charge in [0.15, 0.2) is 0 Å². The topological polar surface area (TPSA) is 106 Å². The molecule has 0 bridgehead atoms. The maximum Gasteiger partial charge on any atom is 0.243 e. The van der Waals surface area contributed by atoms with E-state index in [1.54, 1.807) is 12.1 Å². The predicted octanol–water partition coefficient (Wildman–Crippen LogP) is 3.46. The molecule has 0 aliphatic heterocycles. The number of anilines is 3. The standard InChI is InChI=1S/C19H18N6O/c1-12-7-16(8-13(2)17(12)9-20)22-19-23-18(24-25-19)21-10-14-3-5-15(11-26)6-4-14/h3-8,11H,10H2,1-2H3,(H3,21,22,23,24,25). The van der Waals surface area contributed by atoms with Crippen LogP contribution in [0.4, 0.5) is 17.6 Å². The highest BCUT2D eigenvalue weighted by Crippen LogP contribution is 2.21. The van der Waals surface area contributed by atoms with Gasteiger partial charge in [-0.15, -0.1) is 5.10 Å². The van der Waals surface area contributed by atoms with Gasteiger partial charge >= 0.3 is 0 Å². The summed E-state index contributed by atoms with van der Waals surface area (Å²) in [7, 11) is 0. The number of rotatable bonds is 6. The number of aryl methyl sites for hydroxylation is 2. The van der Waals surface area contributed by atoms with Crippen LogP contribution in [0.25, 0.3) is 0 Å². The molecule has 0 aliphatic carbocycles. The molecule has 3 rings (SSSR count). The molecule has 0 saturated carbocycles. The van der Waals surface area contributed by atoms with Crippen LogP contribution < -0.4 is 10.6 Å². The molecule has 7 heteroatoms. The van der Waals surface area contributed by atoms with E-state index in [1.807, 2.05) is 38.1 Å². The molecule has 0 saturated heterocycles. The van der Waals surface area contributed by atoms with Crippen molar-refractivity contribution in [2.75, 3.05) is 10.6 Å². The van der Waals surface area contributed by atoms with Crippen molar-refractivity contribution in [2.45, 2.75) is 20.4 Å². The van der Waals surface area contributed by atoms with Crippen molar-refractivity contribution in [3.05, 3.63) is 64.2 Å². The van der Waals surface area contributed by atoms with Crippen LogP contribution in [0.2, 0.25) is 0 Å². The van der Waals surface area contributed by atoms with Crippen molar-refractivity contribution in [1.29, 1.82) is 5.26 Å².